The Morgan fingerprint density at radius 2 is 2.47 bits per heavy atom. The van der Waals surface area contributed by atoms with Gasteiger partial charge in [0.15, 0.2) is 0 Å². The van der Waals surface area contributed by atoms with Gasteiger partial charge < -0.3 is 5.73 Å². The Morgan fingerprint density at radius 1 is 1.60 bits per heavy atom. The van der Waals surface area contributed by atoms with Crippen molar-refractivity contribution in [3.8, 4) is 0 Å². The molecule has 0 amide bonds. The van der Waals surface area contributed by atoms with E-state index < -0.39 is 0 Å². The fraction of sp³-hybridized carbons (Fsp3) is 0.800. The number of likely N-dealkylation sites (tertiary alicyclic amines) is 1. The molecule has 0 radical (unpaired) electrons. The van der Waals surface area contributed by atoms with Crippen LogP contribution in [-0.4, -0.2) is 39.5 Å². The quantitative estimate of drug-likeness (QED) is 0.757. The van der Waals surface area contributed by atoms with Crippen molar-refractivity contribution in [1.29, 1.82) is 0 Å². The van der Waals surface area contributed by atoms with Crippen molar-refractivity contribution in [2.24, 2.45) is 18.7 Å². The summed E-state index contributed by atoms with van der Waals surface area (Å²) in [5, 5.41) is 8.03. The van der Waals surface area contributed by atoms with E-state index >= 15 is 0 Å². The van der Waals surface area contributed by atoms with Crippen molar-refractivity contribution in [3.05, 3.63) is 11.9 Å². The summed E-state index contributed by atoms with van der Waals surface area (Å²) in [5.74, 6) is 0.784. The molecule has 1 unspecified atom stereocenters. The molecule has 2 N–H and O–H groups in total. The summed E-state index contributed by atoms with van der Waals surface area (Å²) in [6, 6.07) is 0. The smallest absolute Gasteiger partial charge is 0.0967 e. The van der Waals surface area contributed by atoms with E-state index in [-0.39, 0.29) is 0 Å². The van der Waals surface area contributed by atoms with E-state index in [4.69, 9.17) is 5.73 Å². The van der Waals surface area contributed by atoms with Crippen LogP contribution in [0.5, 0.6) is 0 Å². The lowest BCUT2D eigenvalue weighted by molar-refractivity contribution is 0.310. The van der Waals surface area contributed by atoms with Crippen LogP contribution in [0.4, 0.5) is 0 Å². The van der Waals surface area contributed by atoms with Crippen LogP contribution in [0.25, 0.3) is 0 Å². The molecule has 0 bridgehead atoms. The van der Waals surface area contributed by atoms with Crippen LogP contribution >= 0.6 is 0 Å². The number of hydrogen-bond donors (Lipinski definition) is 1. The molecule has 0 aromatic carbocycles. The maximum atomic E-state index is 5.57. The molecule has 1 aliphatic heterocycles. The van der Waals surface area contributed by atoms with Crippen molar-refractivity contribution < 1.29 is 0 Å². The summed E-state index contributed by atoms with van der Waals surface area (Å²) in [6.45, 7) is 4.06. The Labute approximate surface area is 90.2 Å². The molecule has 1 saturated heterocycles. The second-order valence-electron chi connectivity index (χ2n) is 4.35. The summed E-state index contributed by atoms with van der Waals surface area (Å²) >= 11 is 0. The minimum Gasteiger partial charge on any atom is -0.330 e. The lowest BCUT2D eigenvalue weighted by atomic mass is 10.1. The molecule has 2 rings (SSSR count). The monoisotopic (exact) mass is 209 g/mol. The highest BCUT2D eigenvalue weighted by atomic mass is 15.4. The Morgan fingerprint density at radius 3 is 3.13 bits per heavy atom. The second kappa shape index (κ2) is 4.72. The number of nitrogens with two attached hydrogens (primary N) is 1. The maximum Gasteiger partial charge on any atom is 0.0967 e. The third kappa shape index (κ3) is 2.76. The van der Waals surface area contributed by atoms with Gasteiger partial charge >= 0.3 is 0 Å². The largest absolute Gasteiger partial charge is 0.330 e. The average molecular weight is 209 g/mol. The summed E-state index contributed by atoms with van der Waals surface area (Å²) in [5.41, 5.74) is 6.63. The van der Waals surface area contributed by atoms with Gasteiger partial charge in [0.25, 0.3) is 0 Å². The van der Waals surface area contributed by atoms with Crippen molar-refractivity contribution in [3.63, 3.8) is 0 Å². The van der Waals surface area contributed by atoms with Crippen LogP contribution in [0.2, 0.25) is 0 Å². The van der Waals surface area contributed by atoms with Gasteiger partial charge in [-0.05, 0) is 31.8 Å². The molecule has 0 aliphatic carbocycles. The van der Waals surface area contributed by atoms with E-state index in [0.29, 0.717) is 0 Å². The zero-order chi connectivity index (χ0) is 10.7. The van der Waals surface area contributed by atoms with E-state index in [2.05, 4.69) is 15.2 Å². The molecule has 0 saturated carbocycles. The van der Waals surface area contributed by atoms with E-state index in [1.165, 1.54) is 13.0 Å². The Kier molecular flexibility index (Phi) is 3.33. The molecule has 1 aliphatic rings. The number of nitrogens with zero attached hydrogens (tertiary/aromatic N) is 4. The third-order valence-electron chi connectivity index (χ3n) is 2.98. The summed E-state index contributed by atoms with van der Waals surface area (Å²) < 4.78 is 1.75. The molecule has 1 aromatic heterocycles. The molecule has 84 valence electrons. The van der Waals surface area contributed by atoms with Crippen LogP contribution in [0.15, 0.2) is 6.20 Å². The first kappa shape index (κ1) is 10.6. The second-order valence-corrected chi connectivity index (χ2v) is 4.35. The minimum absolute atomic E-state index is 0.784. The zero-order valence-corrected chi connectivity index (χ0v) is 9.26. The van der Waals surface area contributed by atoms with Gasteiger partial charge in [0.1, 0.15) is 0 Å². The molecule has 1 aromatic rings. The van der Waals surface area contributed by atoms with E-state index in [1.807, 2.05) is 13.2 Å². The molecule has 0 spiro atoms. The van der Waals surface area contributed by atoms with E-state index in [0.717, 1.165) is 37.7 Å². The highest BCUT2D eigenvalue weighted by Crippen LogP contribution is 2.20. The molecular weight excluding hydrogens is 190 g/mol. The number of aromatic nitrogens is 3. The Hall–Kier alpha value is -0.940. The fourth-order valence-corrected chi connectivity index (χ4v) is 2.22. The van der Waals surface area contributed by atoms with Crippen molar-refractivity contribution in [2.45, 2.75) is 19.4 Å². The molecule has 1 fully saturated rings. The highest BCUT2D eigenvalue weighted by Gasteiger charge is 2.22. The average Bonchev–Trinajstić information content (AvgIpc) is 2.78. The van der Waals surface area contributed by atoms with Gasteiger partial charge in [-0.25, -0.2) is 0 Å². The zero-order valence-electron chi connectivity index (χ0n) is 9.26. The molecular formula is C10H19N5. The molecule has 2 heterocycles. The Bertz CT molecular complexity index is 309. The first-order chi connectivity index (χ1) is 7.28. The molecule has 15 heavy (non-hydrogen) atoms. The van der Waals surface area contributed by atoms with Gasteiger partial charge in [-0.2, -0.15) is 0 Å². The normalized spacial score (nSPS) is 22.4. The third-order valence-corrected chi connectivity index (χ3v) is 2.98. The van der Waals surface area contributed by atoms with Crippen molar-refractivity contribution in [2.75, 3.05) is 19.6 Å². The van der Waals surface area contributed by atoms with Crippen LogP contribution in [-0.2, 0) is 13.6 Å². The van der Waals surface area contributed by atoms with Gasteiger partial charge in [-0.1, -0.05) is 5.21 Å². The van der Waals surface area contributed by atoms with Crippen molar-refractivity contribution in [1.82, 2.24) is 19.9 Å². The lowest BCUT2D eigenvalue weighted by Gasteiger charge is -2.13. The maximum absolute atomic E-state index is 5.57. The minimum atomic E-state index is 0.784. The number of hydrogen-bond acceptors (Lipinski definition) is 4. The first-order valence-corrected chi connectivity index (χ1v) is 5.55. The standard InChI is InChI=1S/C10H19N5/c1-14-7-10(12-13-14)8-15-5-3-9(6-15)2-4-11/h7,9H,2-6,8,11H2,1H3. The van der Waals surface area contributed by atoms with E-state index in [1.54, 1.807) is 4.68 Å². The summed E-state index contributed by atoms with van der Waals surface area (Å²) in [7, 11) is 1.90. The number of aryl methyl sites for hydroxylation is 1. The SMILES string of the molecule is Cn1cc(CN2CCC(CCN)C2)nn1. The summed E-state index contributed by atoms with van der Waals surface area (Å²) in [4.78, 5) is 2.43. The predicted octanol–water partition coefficient (Wildman–Crippen LogP) is -0.0142. The number of rotatable bonds is 4. The van der Waals surface area contributed by atoms with Gasteiger partial charge in [-0.3, -0.25) is 9.58 Å². The van der Waals surface area contributed by atoms with Crippen LogP contribution < -0.4 is 5.73 Å². The predicted molar refractivity (Wildman–Crippen MR) is 58.1 cm³/mol. The van der Waals surface area contributed by atoms with E-state index in [9.17, 15) is 0 Å². The highest BCUT2D eigenvalue weighted by molar-refractivity contribution is 4.93. The topological polar surface area (TPSA) is 60.0 Å². The molecule has 1 atom stereocenters. The molecule has 5 heteroatoms. The first-order valence-electron chi connectivity index (χ1n) is 5.55. The van der Waals surface area contributed by atoms with Gasteiger partial charge in [-0.15, -0.1) is 5.10 Å². The fourth-order valence-electron chi connectivity index (χ4n) is 2.22. The van der Waals surface area contributed by atoms with Gasteiger partial charge in [0.05, 0.1) is 5.69 Å². The molecule has 5 nitrogen and oxygen atoms in total. The summed E-state index contributed by atoms with van der Waals surface area (Å²) in [6.07, 6.45) is 4.41. The lowest BCUT2D eigenvalue weighted by Crippen LogP contribution is -2.21. The van der Waals surface area contributed by atoms with Crippen molar-refractivity contribution >= 4 is 0 Å². The van der Waals surface area contributed by atoms with Crippen LogP contribution in [0.1, 0.15) is 18.5 Å². The van der Waals surface area contributed by atoms with Gasteiger partial charge in [0, 0.05) is 26.3 Å². The van der Waals surface area contributed by atoms with Crippen LogP contribution in [0.3, 0.4) is 0 Å². The van der Waals surface area contributed by atoms with Crippen LogP contribution in [0, 0.1) is 5.92 Å². The Balaban J connectivity index is 1.82. The van der Waals surface area contributed by atoms with Gasteiger partial charge in [0.2, 0.25) is 0 Å².